The SMILES string of the molecule is Cc1[nH]c(=O)c(C#N)c(C)c1CCC(=O)N(C)CC(C)(C)CN.Cl. The van der Waals surface area contributed by atoms with Gasteiger partial charge in [-0.1, -0.05) is 13.8 Å². The summed E-state index contributed by atoms with van der Waals surface area (Å²) in [5.74, 6) is 0.0232. The molecule has 0 aliphatic heterocycles. The van der Waals surface area contributed by atoms with Gasteiger partial charge >= 0.3 is 0 Å². The van der Waals surface area contributed by atoms with Gasteiger partial charge in [0.15, 0.2) is 0 Å². The summed E-state index contributed by atoms with van der Waals surface area (Å²) in [4.78, 5) is 28.4. The third kappa shape index (κ3) is 5.36. The Morgan fingerprint density at radius 3 is 2.46 bits per heavy atom. The minimum absolute atomic E-state index is 0. The smallest absolute Gasteiger partial charge is 0.266 e. The summed E-state index contributed by atoms with van der Waals surface area (Å²) in [6, 6.07) is 1.93. The van der Waals surface area contributed by atoms with Gasteiger partial charge in [-0.2, -0.15) is 5.26 Å². The van der Waals surface area contributed by atoms with E-state index < -0.39 is 0 Å². The summed E-state index contributed by atoms with van der Waals surface area (Å²) < 4.78 is 0. The topological polar surface area (TPSA) is 103 Å². The number of aromatic nitrogens is 1. The van der Waals surface area contributed by atoms with Crippen molar-refractivity contribution in [3.63, 3.8) is 0 Å². The van der Waals surface area contributed by atoms with Crippen molar-refractivity contribution in [1.29, 1.82) is 5.26 Å². The van der Waals surface area contributed by atoms with Crippen LogP contribution in [0.15, 0.2) is 4.79 Å². The zero-order chi connectivity index (χ0) is 17.8. The predicted molar refractivity (Wildman–Crippen MR) is 97.3 cm³/mol. The number of hydrogen-bond donors (Lipinski definition) is 2. The predicted octanol–water partition coefficient (Wildman–Crippen LogP) is 1.66. The average Bonchev–Trinajstić information content (AvgIpc) is 2.46. The molecule has 1 aromatic heterocycles. The molecule has 3 N–H and O–H groups in total. The molecule has 0 aromatic carbocycles. The Kier molecular flexibility index (Phi) is 8.18. The minimum Gasteiger partial charge on any atom is -0.345 e. The highest BCUT2D eigenvalue weighted by atomic mass is 35.5. The normalized spacial score (nSPS) is 10.7. The number of halogens is 1. The van der Waals surface area contributed by atoms with Crippen molar-refractivity contribution in [1.82, 2.24) is 9.88 Å². The minimum atomic E-state index is -0.376. The van der Waals surface area contributed by atoms with E-state index in [1.807, 2.05) is 19.9 Å². The van der Waals surface area contributed by atoms with Gasteiger partial charge in [0.05, 0.1) is 0 Å². The van der Waals surface area contributed by atoms with Crippen LogP contribution in [-0.4, -0.2) is 35.9 Å². The molecule has 24 heavy (non-hydrogen) atoms. The molecule has 0 saturated heterocycles. The lowest BCUT2D eigenvalue weighted by molar-refractivity contribution is -0.131. The largest absolute Gasteiger partial charge is 0.345 e. The first kappa shape index (κ1) is 22.2. The summed E-state index contributed by atoms with van der Waals surface area (Å²) >= 11 is 0. The summed E-state index contributed by atoms with van der Waals surface area (Å²) in [6.45, 7) is 8.68. The van der Waals surface area contributed by atoms with Gasteiger partial charge in [0, 0.05) is 25.7 Å². The van der Waals surface area contributed by atoms with E-state index >= 15 is 0 Å². The third-order valence-electron chi connectivity index (χ3n) is 4.15. The van der Waals surface area contributed by atoms with Gasteiger partial charge in [0.2, 0.25) is 5.91 Å². The number of H-pyrrole nitrogens is 1. The first-order valence-electron chi connectivity index (χ1n) is 7.69. The van der Waals surface area contributed by atoms with E-state index in [1.54, 1.807) is 25.8 Å². The van der Waals surface area contributed by atoms with Crippen LogP contribution in [0.2, 0.25) is 0 Å². The molecule has 0 aliphatic rings. The summed E-state index contributed by atoms with van der Waals surface area (Å²) in [5.41, 5.74) is 7.56. The van der Waals surface area contributed by atoms with Crippen LogP contribution in [0.25, 0.3) is 0 Å². The van der Waals surface area contributed by atoms with E-state index in [0.29, 0.717) is 37.2 Å². The second-order valence-corrected chi connectivity index (χ2v) is 6.79. The van der Waals surface area contributed by atoms with Gasteiger partial charge in [0.1, 0.15) is 11.6 Å². The summed E-state index contributed by atoms with van der Waals surface area (Å²) in [6.07, 6.45) is 0.825. The van der Waals surface area contributed by atoms with E-state index in [9.17, 15) is 9.59 Å². The van der Waals surface area contributed by atoms with Crippen LogP contribution >= 0.6 is 12.4 Å². The van der Waals surface area contributed by atoms with Crippen molar-refractivity contribution >= 4 is 18.3 Å². The van der Waals surface area contributed by atoms with Crippen molar-refractivity contribution in [2.24, 2.45) is 11.1 Å². The van der Waals surface area contributed by atoms with Crippen LogP contribution in [0.3, 0.4) is 0 Å². The van der Waals surface area contributed by atoms with E-state index in [0.717, 1.165) is 5.56 Å². The number of aryl methyl sites for hydroxylation is 1. The van der Waals surface area contributed by atoms with Crippen LogP contribution in [0.4, 0.5) is 0 Å². The molecular weight excluding hydrogens is 328 g/mol. The Hall–Kier alpha value is -1.84. The number of aromatic amines is 1. The van der Waals surface area contributed by atoms with Gasteiger partial charge in [-0.25, -0.2) is 0 Å². The molecule has 7 heteroatoms. The highest BCUT2D eigenvalue weighted by Gasteiger charge is 2.21. The molecule has 1 aromatic rings. The fraction of sp³-hybridized carbons (Fsp3) is 0.588. The van der Waals surface area contributed by atoms with Crippen LogP contribution in [-0.2, 0) is 11.2 Å². The number of rotatable bonds is 6. The quantitative estimate of drug-likeness (QED) is 0.810. The molecular formula is C17H27ClN4O2. The number of carbonyl (C=O) groups excluding carboxylic acids is 1. The lowest BCUT2D eigenvalue weighted by Crippen LogP contribution is -2.39. The molecule has 0 atom stereocenters. The number of pyridine rings is 1. The highest BCUT2D eigenvalue weighted by Crippen LogP contribution is 2.17. The Morgan fingerprint density at radius 1 is 1.38 bits per heavy atom. The van der Waals surface area contributed by atoms with Crippen LogP contribution in [0.1, 0.15) is 42.7 Å². The molecule has 0 fully saturated rings. The van der Waals surface area contributed by atoms with Gasteiger partial charge in [-0.05, 0) is 43.4 Å². The Balaban J connectivity index is 0.00000529. The fourth-order valence-electron chi connectivity index (χ4n) is 2.64. The summed E-state index contributed by atoms with van der Waals surface area (Å²) in [7, 11) is 1.77. The first-order chi connectivity index (χ1) is 10.6. The molecule has 0 bridgehead atoms. The Bertz CT molecular complexity index is 689. The van der Waals surface area contributed by atoms with Crippen LogP contribution in [0, 0.1) is 30.6 Å². The Labute approximate surface area is 149 Å². The maximum absolute atomic E-state index is 12.3. The highest BCUT2D eigenvalue weighted by molar-refractivity contribution is 5.85. The van der Waals surface area contributed by atoms with E-state index in [2.05, 4.69) is 4.98 Å². The second kappa shape index (κ2) is 8.86. The van der Waals surface area contributed by atoms with Crippen molar-refractivity contribution in [2.75, 3.05) is 20.1 Å². The van der Waals surface area contributed by atoms with Gasteiger partial charge in [0.25, 0.3) is 5.56 Å². The number of nitriles is 1. The van der Waals surface area contributed by atoms with Crippen molar-refractivity contribution in [3.8, 4) is 6.07 Å². The van der Waals surface area contributed by atoms with E-state index in [1.165, 1.54) is 0 Å². The maximum Gasteiger partial charge on any atom is 0.266 e. The molecule has 0 saturated carbocycles. The standard InChI is InChI=1S/C17H26N4O2.ClH/c1-11-13(12(2)20-16(23)14(11)8-18)6-7-15(22)21(5)10-17(3,4)9-19;/h6-7,9-10,19H2,1-5H3,(H,20,23);1H. The van der Waals surface area contributed by atoms with E-state index in [-0.39, 0.29) is 34.9 Å². The molecule has 1 amide bonds. The molecule has 6 nitrogen and oxygen atoms in total. The van der Waals surface area contributed by atoms with Crippen molar-refractivity contribution in [3.05, 3.63) is 32.7 Å². The Morgan fingerprint density at radius 2 is 1.96 bits per heavy atom. The molecule has 1 rings (SSSR count). The molecule has 0 radical (unpaired) electrons. The molecule has 134 valence electrons. The maximum atomic E-state index is 12.3. The van der Waals surface area contributed by atoms with Gasteiger partial charge in [-0.15, -0.1) is 12.4 Å². The van der Waals surface area contributed by atoms with Crippen molar-refractivity contribution < 1.29 is 4.79 Å². The third-order valence-corrected chi connectivity index (χ3v) is 4.15. The number of nitrogens with one attached hydrogen (secondary N) is 1. The van der Waals surface area contributed by atoms with E-state index in [4.69, 9.17) is 11.0 Å². The van der Waals surface area contributed by atoms with Gasteiger partial charge < -0.3 is 15.6 Å². The number of amides is 1. The monoisotopic (exact) mass is 354 g/mol. The number of nitrogens with two attached hydrogens (primary N) is 1. The van der Waals surface area contributed by atoms with Crippen molar-refractivity contribution in [2.45, 2.75) is 40.5 Å². The lowest BCUT2D eigenvalue weighted by atomic mass is 9.93. The molecule has 0 aliphatic carbocycles. The lowest BCUT2D eigenvalue weighted by Gasteiger charge is -2.29. The average molecular weight is 355 g/mol. The second-order valence-electron chi connectivity index (χ2n) is 6.79. The number of carbonyl (C=O) groups is 1. The number of hydrogen-bond acceptors (Lipinski definition) is 4. The zero-order valence-electron chi connectivity index (χ0n) is 15.0. The summed E-state index contributed by atoms with van der Waals surface area (Å²) in [5, 5.41) is 9.08. The number of nitrogens with zero attached hydrogens (tertiary/aromatic N) is 2. The van der Waals surface area contributed by atoms with Gasteiger partial charge in [-0.3, -0.25) is 9.59 Å². The molecule has 1 heterocycles. The van der Waals surface area contributed by atoms with Crippen LogP contribution in [0.5, 0.6) is 0 Å². The van der Waals surface area contributed by atoms with Crippen LogP contribution < -0.4 is 11.3 Å². The zero-order valence-corrected chi connectivity index (χ0v) is 15.8. The fourth-order valence-corrected chi connectivity index (χ4v) is 2.64. The molecule has 0 unspecified atom stereocenters. The first-order valence-corrected chi connectivity index (χ1v) is 7.69. The molecule has 0 spiro atoms.